The highest BCUT2D eigenvalue weighted by Gasteiger charge is 2.17. The van der Waals surface area contributed by atoms with Gasteiger partial charge in [0, 0.05) is 13.6 Å². The van der Waals surface area contributed by atoms with Gasteiger partial charge in [0.1, 0.15) is 5.82 Å². The van der Waals surface area contributed by atoms with Gasteiger partial charge in [-0.25, -0.2) is 8.78 Å². The van der Waals surface area contributed by atoms with E-state index in [1.54, 1.807) is 6.07 Å². The Kier molecular flexibility index (Phi) is 5.41. The second-order valence-electron chi connectivity index (χ2n) is 3.81. The lowest BCUT2D eigenvalue weighted by Gasteiger charge is -2.15. The molecule has 1 amide bonds. The number of carbonyl (C=O) groups is 1. The Morgan fingerprint density at radius 2 is 2.17 bits per heavy atom. The SMILES string of the molecule is CCCNc1ccc(C(=O)N(C)CC(F)F)nn1. The van der Waals surface area contributed by atoms with Crippen LogP contribution >= 0.6 is 0 Å². The lowest BCUT2D eigenvalue weighted by atomic mass is 10.3. The zero-order chi connectivity index (χ0) is 13.5. The summed E-state index contributed by atoms with van der Waals surface area (Å²) >= 11 is 0. The van der Waals surface area contributed by atoms with Crippen LogP contribution in [0.3, 0.4) is 0 Å². The highest BCUT2D eigenvalue weighted by atomic mass is 19.3. The molecule has 7 heteroatoms. The van der Waals surface area contributed by atoms with Gasteiger partial charge in [-0.2, -0.15) is 0 Å². The number of hydrogen-bond acceptors (Lipinski definition) is 4. The van der Waals surface area contributed by atoms with Crippen LogP contribution in [0.15, 0.2) is 12.1 Å². The third kappa shape index (κ3) is 4.23. The summed E-state index contributed by atoms with van der Waals surface area (Å²) in [7, 11) is 1.30. The predicted molar refractivity (Wildman–Crippen MR) is 63.8 cm³/mol. The molecule has 0 aliphatic carbocycles. The molecule has 0 saturated carbocycles. The molecule has 0 saturated heterocycles. The number of rotatable bonds is 6. The Morgan fingerprint density at radius 1 is 1.44 bits per heavy atom. The van der Waals surface area contributed by atoms with Crippen LogP contribution in [0.1, 0.15) is 23.8 Å². The summed E-state index contributed by atoms with van der Waals surface area (Å²) in [5.74, 6) is -0.00486. The molecule has 1 aromatic rings. The Morgan fingerprint density at radius 3 is 2.67 bits per heavy atom. The number of alkyl halides is 2. The van der Waals surface area contributed by atoms with Crippen molar-refractivity contribution in [1.29, 1.82) is 0 Å². The highest BCUT2D eigenvalue weighted by Crippen LogP contribution is 2.05. The van der Waals surface area contributed by atoms with Crippen LogP contribution in [-0.4, -0.2) is 47.6 Å². The van der Waals surface area contributed by atoms with Crippen molar-refractivity contribution >= 4 is 11.7 Å². The van der Waals surface area contributed by atoms with Crippen molar-refractivity contribution in [2.75, 3.05) is 25.5 Å². The number of anilines is 1. The van der Waals surface area contributed by atoms with Crippen LogP contribution in [0.25, 0.3) is 0 Å². The Hall–Kier alpha value is -1.79. The van der Waals surface area contributed by atoms with E-state index in [0.29, 0.717) is 5.82 Å². The molecule has 1 rings (SSSR count). The largest absolute Gasteiger partial charge is 0.369 e. The van der Waals surface area contributed by atoms with Gasteiger partial charge in [0.25, 0.3) is 12.3 Å². The summed E-state index contributed by atoms with van der Waals surface area (Å²) in [6, 6.07) is 3.07. The molecule has 18 heavy (non-hydrogen) atoms. The van der Waals surface area contributed by atoms with Gasteiger partial charge in [-0.05, 0) is 18.6 Å². The van der Waals surface area contributed by atoms with Crippen molar-refractivity contribution in [1.82, 2.24) is 15.1 Å². The van der Waals surface area contributed by atoms with E-state index >= 15 is 0 Å². The van der Waals surface area contributed by atoms with Gasteiger partial charge in [0.2, 0.25) is 0 Å². The molecule has 0 unspecified atom stereocenters. The molecule has 1 heterocycles. The number of hydrogen-bond donors (Lipinski definition) is 1. The zero-order valence-corrected chi connectivity index (χ0v) is 10.4. The van der Waals surface area contributed by atoms with Crippen LogP contribution in [0.4, 0.5) is 14.6 Å². The fourth-order valence-electron chi connectivity index (χ4n) is 1.28. The minimum Gasteiger partial charge on any atom is -0.369 e. The van der Waals surface area contributed by atoms with Gasteiger partial charge in [0.15, 0.2) is 5.69 Å². The first-order chi connectivity index (χ1) is 8.54. The van der Waals surface area contributed by atoms with Gasteiger partial charge >= 0.3 is 0 Å². The number of amides is 1. The molecular weight excluding hydrogens is 242 g/mol. The lowest BCUT2D eigenvalue weighted by Crippen LogP contribution is -2.32. The Balaban J connectivity index is 2.63. The summed E-state index contributed by atoms with van der Waals surface area (Å²) < 4.78 is 24.2. The van der Waals surface area contributed by atoms with Gasteiger partial charge in [-0.1, -0.05) is 6.92 Å². The first-order valence-corrected chi connectivity index (χ1v) is 5.65. The van der Waals surface area contributed by atoms with Gasteiger partial charge in [-0.3, -0.25) is 4.79 Å². The van der Waals surface area contributed by atoms with Gasteiger partial charge in [0.05, 0.1) is 6.54 Å². The molecule has 5 nitrogen and oxygen atoms in total. The van der Waals surface area contributed by atoms with Crippen molar-refractivity contribution in [3.63, 3.8) is 0 Å². The Bertz CT molecular complexity index is 383. The monoisotopic (exact) mass is 258 g/mol. The second kappa shape index (κ2) is 6.83. The van der Waals surface area contributed by atoms with E-state index in [1.165, 1.54) is 13.1 Å². The topological polar surface area (TPSA) is 58.1 Å². The number of nitrogens with one attached hydrogen (secondary N) is 1. The van der Waals surface area contributed by atoms with E-state index in [4.69, 9.17) is 0 Å². The van der Waals surface area contributed by atoms with Gasteiger partial charge < -0.3 is 10.2 Å². The third-order valence-corrected chi connectivity index (χ3v) is 2.20. The number of halogens is 2. The third-order valence-electron chi connectivity index (χ3n) is 2.20. The molecule has 0 radical (unpaired) electrons. The van der Waals surface area contributed by atoms with E-state index in [9.17, 15) is 13.6 Å². The maximum atomic E-state index is 12.1. The fraction of sp³-hybridized carbons (Fsp3) is 0.545. The zero-order valence-electron chi connectivity index (χ0n) is 10.4. The van der Waals surface area contributed by atoms with Crippen LogP contribution < -0.4 is 5.32 Å². The van der Waals surface area contributed by atoms with Crippen LogP contribution in [0, 0.1) is 0 Å². The summed E-state index contributed by atoms with van der Waals surface area (Å²) in [6.45, 7) is 2.15. The number of nitrogens with zero attached hydrogens (tertiary/aromatic N) is 3. The predicted octanol–water partition coefficient (Wildman–Crippen LogP) is 1.64. The van der Waals surface area contributed by atoms with Gasteiger partial charge in [-0.15, -0.1) is 10.2 Å². The quantitative estimate of drug-likeness (QED) is 0.842. The summed E-state index contributed by atoms with van der Waals surface area (Å²) in [5.41, 5.74) is 0.0557. The molecule has 0 fully saturated rings. The van der Waals surface area contributed by atoms with Crippen LogP contribution in [0.5, 0.6) is 0 Å². The van der Waals surface area contributed by atoms with Crippen LogP contribution in [0.2, 0.25) is 0 Å². The van der Waals surface area contributed by atoms with E-state index in [2.05, 4.69) is 15.5 Å². The smallest absolute Gasteiger partial charge is 0.274 e. The fourth-order valence-corrected chi connectivity index (χ4v) is 1.28. The molecule has 0 aromatic carbocycles. The molecule has 1 aromatic heterocycles. The minimum atomic E-state index is -2.56. The van der Waals surface area contributed by atoms with E-state index in [-0.39, 0.29) is 5.69 Å². The molecule has 0 atom stereocenters. The molecule has 0 bridgehead atoms. The highest BCUT2D eigenvalue weighted by molar-refractivity contribution is 5.92. The summed E-state index contributed by atoms with van der Waals surface area (Å²) in [4.78, 5) is 12.6. The molecule has 1 N–H and O–H groups in total. The van der Waals surface area contributed by atoms with Crippen molar-refractivity contribution in [2.24, 2.45) is 0 Å². The summed E-state index contributed by atoms with van der Waals surface area (Å²) in [5, 5.41) is 10.5. The number of aromatic nitrogens is 2. The van der Waals surface area contributed by atoms with Crippen LogP contribution in [-0.2, 0) is 0 Å². The molecule has 0 spiro atoms. The molecule has 0 aliphatic heterocycles. The van der Waals surface area contributed by atoms with Crippen molar-refractivity contribution < 1.29 is 13.6 Å². The minimum absolute atomic E-state index is 0.0557. The average Bonchev–Trinajstić information content (AvgIpc) is 2.35. The Labute approximate surface area is 104 Å². The standard InChI is InChI=1S/C11H16F2N4O/c1-3-6-14-10-5-4-8(15-16-10)11(18)17(2)7-9(12)13/h4-5,9H,3,6-7H2,1-2H3,(H,14,16). The molecule has 100 valence electrons. The number of carbonyl (C=O) groups excluding carboxylic acids is 1. The summed E-state index contributed by atoms with van der Waals surface area (Å²) in [6.07, 6.45) is -1.61. The first-order valence-electron chi connectivity index (χ1n) is 5.65. The molecule has 0 aliphatic rings. The maximum absolute atomic E-state index is 12.1. The van der Waals surface area contributed by atoms with E-state index in [1.807, 2.05) is 6.92 Å². The first kappa shape index (κ1) is 14.3. The van der Waals surface area contributed by atoms with Crippen molar-refractivity contribution in [3.05, 3.63) is 17.8 Å². The normalized spacial score (nSPS) is 10.5. The average molecular weight is 258 g/mol. The van der Waals surface area contributed by atoms with Crippen molar-refractivity contribution in [3.8, 4) is 0 Å². The maximum Gasteiger partial charge on any atom is 0.274 e. The van der Waals surface area contributed by atoms with E-state index < -0.39 is 18.9 Å². The second-order valence-corrected chi connectivity index (χ2v) is 3.81. The van der Waals surface area contributed by atoms with E-state index in [0.717, 1.165) is 17.9 Å². The molecular formula is C11H16F2N4O. The lowest BCUT2D eigenvalue weighted by molar-refractivity contribution is 0.0614. The van der Waals surface area contributed by atoms with Crippen molar-refractivity contribution in [2.45, 2.75) is 19.8 Å².